The van der Waals surface area contributed by atoms with Crippen LogP contribution in [-0.2, 0) is 17.6 Å². The molecule has 0 saturated carbocycles. The maximum absolute atomic E-state index is 12.1. The van der Waals surface area contributed by atoms with Gasteiger partial charge in [0.2, 0.25) is 5.91 Å². The number of aryl methyl sites for hydroxylation is 1. The van der Waals surface area contributed by atoms with E-state index in [0.29, 0.717) is 6.42 Å². The normalized spacial score (nSPS) is 18.0. The Morgan fingerprint density at radius 2 is 1.87 bits per heavy atom. The number of hydrogen-bond donors (Lipinski definition) is 0. The van der Waals surface area contributed by atoms with Crippen LogP contribution in [0.2, 0.25) is 0 Å². The molecular formula is C24H28N4OS. The molecule has 1 aromatic heterocycles. The van der Waals surface area contributed by atoms with Crippen LogP contribution in [0.15, 0.2) is 42.5 Å². The SMILES string of the molecule is CN1C(=O)CCCc2cc(CCN3CCN(c4nsc5ccccc45)CC3)ccc21. The second-order valence-corrected chi connectivity index (χ2v) is 9.16. The Balaban J connectivity index is 1.19. The second kappa shape index (κ2) is 8.36. The van der Waals surface area contributed by atoms with Gasteiger partial charge >= 0.3 is 0 Å². The van der Waals surface area contributed by atoms with Crippen LogP contribution in [0, 0.1) is 0 Å². The Morgan fingerprint density at radius 3 is 2.73 bits per heavy atom. The number of amides is 1. The van der Waals surface area contributed by atoms with Crippen molar-refractivity contribution in [3.05, 3.63) is 53.6 Å². The topological polar surface area (TPSA) is 39.7 Å². The molecule has 2 aliphatic rings. The van der Waals surface area contributed by atoms with Crippen LogP contribution in [0.25, 0.3) is 10.1 Å². The summed E-state index contributed by atoms with van der Waals surface area (Å²) in [5.74, 6) is 1.38. The lowest BCUT2D eigenvalue weighted by atomic mass is 10.0. The monoisotopic (exact) mass is 420 g/mol. The average Bonchev–Trinajstić information content (AvgIpc) is 3.16. The Kier molecular flexibility index (Phi) is 5.44. The van der Waals surface area contributed by atoms with Crippen molar-refractivity contribution in [3.63, 3.8) is 0 Å². The van der Waals surface area contributed by atoms with Crippen molar-refractivity contribution in [1.29, 1.82) is 0 Å². The van der Waals surface area contributed by atoms with Gasteiger partial charge < -0.3 is 9.80 Å². The van der Waals surface area contributed by atoms with Crippen LogP contribution in [0.1, 0.15) is 24.0 Å². The van der Waals surface area contributed by atoms with E-state index in [2.05, 4.69) is 52.3 Å². The summed E-state index contributed by atoms with van der Waals surface area (Å²) in [6.07, 6.45) is 3.66. The molecule has 1 fully saturated rings. The minimum atomic E-state index is 0.229. The van der Waals surface area contributed by atoms with E-state index in [-0.39, 0.29) is 5.91 Å². The maximum Gasteiger partial charge on any atom is 0.226 e. The highest BCUT2D eigenvalue weighted by molar-refractivity contribution is 7.13. The summed E-state index contributed by atoms with van der Waals surface area (Å²) in [4.78, 5) is 18.9. The van der Waals surface area contributed by atoms with Gasteiger partial charge in [0.05, 0.1) is 4.70 Å². The summed E-state index contributed by atoms with van der Waals surface area (Å²) in [6.45, 7) is 5.30. The predicted octanol–water partition coefficient (Wildman–Crippen LogP) is 3.96. The molecule has 6 heteroatoms. The van der Waals surface area contributed by atoms with Crippen molar-refractivity contribution >= 4 is 39.0 Å². The van der Waals surface area contributed by atoms with E-state index >= 15 is 0 Å². The van der Waals surface area contributed by atoms with Crippen LogP contribution >= 0.6 is 11.5 Å². The first-order valence-electron chi connectivity index (χ1n) is 10.9. The van der Waals surface area contributed by atoms with E-state index in [0.717, 1.165) is 63.5 Å². The van der Waals surface area contributed by atoms with Crippen LogP contribution < -0.4 is 9.80 Å². The first kappa shape index (κ1) is 19.5. The Labute approximate surface area is 182 Å². The number of fused-ring (bicyclic) bond motifs is 2. The highest BCUT2D eigenvalue weighted by Crippen LogP contribution is 2.30. The number of carbonyl (C=O) groups is 1. The number of hydrogen-bond acceptors (Lipinski definition) is 5. The van der Waals surface area contributed by atoms with Crippen molar-refractivity contribution < 1.29 is 4.79 Å². The first-order valence-corrected chi connectivity index (χ1v) is 11.7. The van der Waals surface area contributed by atoms with Gasteiger partial charge in [-0.1, -0.05) is 24.3 Å². The molecule has 156 valence electrons. The van der Waals surface area contributed by atoms with E-state index in [1.807, 2.05) is 11.9 Å². The average molecular weight is 421 g/mol. The van der Waals surface area contributed by atoms with E-state index in [1.54, 1.807) is 11.5 Å². The van der Waals surface area contributed by atoms with Crippen LogP contribution in [-0.4, -0.2) is 55.0 Å². The van der Waals surface area contributed by atoms with E-state index in [1.165, 1.54) is 21.2 Å². The van der Waals surface area contributed by atoms with Gasteiger partial charge in [-0.2, -0.15) is 4.37 Å². The molecule has 0 radical (unpaired) electrons. The third kappa shape index (κ3) is 3.82. The molecule has 5 rings (SSSR count). The maximum atomic E-state index is 12.1. The second-order valence-electron chi connectivity index (χ2n) is 8.35. The highest BCUT2D eigenvalue weighted by atomic mass is 32.1. The number of nitrogens with zero attached hydrogens (tertiary/aromatic N) is 4. The molecular weight excluding hydrogens is 392 g/mol. The molecule has 2 aliphatic heterocycles. The third-order valence-corrected chi connectivity index (χ3v) is 7.28. The fourth-order valence-electron chi connectivity index (χ4n) is 4.63. The van der Waals surface area contributed by atoms with Crippen molar-refractivity contribution in [2.24, 2.45) is 0 Å². The van der Waals surface area contributed by atoms with Gasteiger partial charge in [-0.05, 0) is 60.1 Å². The van der Waals surface area contributed by atoms with E-state index < -0.39 is 0 Å². The molecule has 2 aromatic carbocycles. The minimum Gasteiger partial charge on any atom is -0.353 e. The molecule has 1 saturated heterocycles. The van der Waals surface area contributed by atoms with E-state index in [4.69, 9.17) is 4.37 Å². The van der Waals surface area contributed by atoms with Gasteiger partial charge in [-0.15, -0.1) is 0 Å². The lowest BCUT2D eigenvalue weighted by Gasteiger charge is -2.35. The lowest BCUT2D eigenvalue weighted by molar-refractivity contribution is -0.118. The fourth-order valence-corrected chi connectivity index (χ4v) is 5.42. The summed E-state index contributed by atoms with van der Waals surface area (Å²) < 4.78 is 5.99. The van der Waals surface area contributed by atoms with Crippen LogP contribution in [0.4, 0.5) is 11.5 Å². The molecule has 3 aromatic rings. The number of piperazine rings is 1. The highest BCUT2D eigenvalue weighted by Gasteiger charge is 2.21. The smallest absolute Gasteiger partial charge is 0.226 e. The lowest BCUT2D eigenvalue weighted by Crippen LogP contribution is -2.47. The number of aromatic nitrogens is 1. The summed E-state index contributed by atoms with van der Waals surface area (Å²) in [7, 11) is 1.90. The van der Waals surface area contributed by atoms with Gasteiger partial charge in [0.15, 0.2) is 0 Å². The standard InChI is InChI=1S/C24H28N4OS/c1-26-21-10-9-18(17-19(21)5-4-8-23(26)29)11-12-27-13-15-28(16-14-27)24-20-6-2-3-7-22(20)30-25-24/h2-3,6-7,9-10,17H,4-5,8,11-16H2,1H3. The van der Waals surface area contributed by atoms with Gasteiger partial charge in [-0.3, -0.25) is 9.69 Å². The number of benzene rings is 2. The Morgan fingerprint density at radius 1 is 1.03 bits per heavy atom. The Hall–Kier alpha value is -2.44. The minimum absolute atomic E-state index is 0.229. The fraction of sp³-hybridized carbons (Fsp3) is 0.417. The number of rotatable bonds is 4. The van der Waals surface area contributed by atoms with Crippen LogP contribution in [0.5, 0.6) is 0 Å². The Bertz CT molecular complexity index is 1050. The zero-order chi connectivity index (χ0) is 20.5. The first-order chi connectivity index (χ1) is 14.7. The van der Waals surface area contributed by atoms with Crippen molar-refractivity contribution in [1.82, 2.24) is 9.27 Å². The summed E-state index contributed by atoms with van der Waals surface area (Å²) in [5.41, 5.74) is 3.79. The number of carbonyl (C=O) groups excluding carboxylic acids is 1. The van der Waals surface area contributed by atoms with Gasteiger partial charge in [0.1, 0.15) is 5.82 Å². The van der Waals surface area contributed by atoms with Crippen molar-refractivity contribution in [2.75, 3.05) is 49.6 Å². The molecule has 0 unspecified atom stereocenters. The molecule has 0 atom stereocenters. The summed E-state index contributed by atoms with van der Waals surface area (Å²) in [5, 5.41) is 1.28. The van der Waals surface area contributed by atoms with Gasteiger partial charge in [-0.25, -0.2) is 0 Å². The molecule has 0 N–H and O–H groups in total. The molecule has 0 spiro atoms. The zero-order valence-corrected chi connectivity index (χ0v) is 18.3. The van der Waals surface area contributed by atoms with Gasteiger partial charge in [0, 0.05) is 57.3 Å². The molecule has 1 amide bonds. The predicted molar refractivity (Wildman–Crippen MR) is 125 cm³/mol. The molecule has 5 nitrogen and oxygen atoms in total. The van der Waals surface area contributed by atoms with Crippen LogP contribution in [0.3, 0.4) is 0 Å². The zero-order valence-electron chi connectivity index (χ0n) is 17.5. The largest absolute Gasteiger partial charge is 0.353 e. The van der Waals surface area contributed by atoms with E-state index in [9.17, 15) is 4.79 Å². The quantitative estimate of drug-likeness (QED) is 0.641. The number of anilines is 2. The summed E-state index contributed by atoms with van der Waals surface area (Å²) in [6, 6.07) is 15.2. The molecule has 30 heavy (non-hydrogen) atoms. The van der Waals surface area contributed by atoms with Gasteiger partial charge in [0.25, 0.3) is 0 Å². The van der Waals surface area contributed by atoms with Crippen molar-refractivity contribution in [2.45, 2.75) is 25.7 Å². The van der Waals surface area contributed by atoms with Crippen molar-refractivity contribution in [3.8, 4) is 0 Å². The third-order valence-electron chi connectivity index (χ3n) is 6.46. The molecule has 3 heterocycles. The molecule has 0 aliphatic carbocycles. The summed E-state index contributed by atoms with van der Waals surface area (Å²) >= 11 is 1.60. The molecule has 0 bridgehead atoms.